The molecule has 2 atom stereocenters. The van der Waals surface area contributed by atoms with E-state index in [9.17, 15) is 9.59 Å². The van der Waals surface area contributed by atoms with Crippen LogP contribution in [-0.4, -0.2) is 24.1 Å². The lowest BCUT2D eigenvalue weighted by Crippen LogP contribution is -2.31. The molecule has 15 heavy (non-hydrogen) atoms. The van der Waals surface area contributed by atoms with Gasteiger partial charge in [0.2, 0.25) is 0 Å². The summed E-state index contributed by atoms with van der Waals surface area (Å²) in [7, 11) is 0. The van der Waals surface area contributed by atoms with Crippen molar-refractivity contribution in [1.29, 1.82) is 0 Å². The molecule has 0 N–H and O–H groups in total. The summed E-state index contributed by atoms with van der Waals surface area (Å²) in [6, 6.07) is 0. The zero-order valence-corrected chi connectivity index (χ0v) is 8.27. The summed E-state index contributed by atoms with van der Waals surface area (Å²) in [6.07, 6.45) is 2.96. The van der Waals surface area contributed by atoms with Crippen LogP contribution >= 0.6 is 0 Å². The van der Waals surface area contributed by atoms with E-state index in [1.165, 1.54) is 12.2 Å². The summed E-state index contributed by atoms with van der Waals surface area (Å²) in [4.78, 5) is 23.3. The van der Waals surface area contributed by atoms with Crippen LogP contribution < -0.4 is 0 Å². The van der Waals surface area contributed by atoms with Crippen LogP contribution in [0.3, 0.4) is 0 Å². The molecule has 2 rings (SSSR count). The van der Waals surface area contributed by atoms with Crippen molar-refractivity contribution in [3.05, 3.63) is 25.3 Å². The minimum Gasteiger partial charge on any atom is -0.457 e. The number of carbonyl (C=O) groups is 2. The molecule has 2 heterocycles. The first-order chi connectivity index (χ1) is 7.12. The van der Waals surface area contributed by atoms with Crippen LogP contribution in [0.1, 0.15) is 12.8 Å². The lowest BCUT2D eigenvalue weighted by atomic mass is 9.82. The van der Waals surface area contributed by atoms with Gasteiger partial charge < -0.3 is 9.47 Å². The van der Waals surface area contributed by atoms with Crippen LogP contribution in [0.25, 0.3) is 0 Å². The maximum absolute atomic E-state index is 11.6. The largest absolute Gasteiger partial charge is 0.457 e. The Morgan fingerprint density at radius 3 is 1.73 bits per heavy atom. The molecule has 0 amide bonds. The Labute approximate surface area is 87.5 Å². The number of esters is 2. The van der Waals surface area contributed by atoms with Gasteiger partial charge in [-0.2, -0.15) is 0 Å². The van der Waals surface area contributed by atoms with E-state index in [0.29, 0.717) is 12.8 Å². The third-order valence-corrected chi connectivity index (χ3v) is 2.92. The first kappa shape index (κ1) is 9.96. The maximum Gasteiger partial charge on any atom is 0.324 e. The molecule has 2 unspecified atom stereocenters. The fourth-order valence-corrected chi connectivity index (χ4v) is 2.03. The van der Waals surface area contributed by atoms with Crippen LogP contribution in [0.2, 0.25) is 0 Å². The van der Waals surface area contributed by atoms with Gasteiger partial charge in [0.05, 0.1) is 0 Å². The Kier molecular flexibility index (Phi) is 2.14. The molecule has 0 bridgehead atoms. The Hall–Kier alpha value is -1.58. The van der Waals surface area contributed by atoms with Crippen LogP contribution in [0, 0.1) is 5.41 Å². The molecule has 2 aliphatic heterocycles. The molecule has 0 aromatic rings. The quantitative estimate of drug-likeness (QED) is 0.385. The van der Waals surface area contributed by atoms with Gasteiger partial charge in [-0.25, -0.2) is 0 Å². The second-order valence-electron chi connectivity index (χ2n) is 3.85. The normalized spacial score (nSPS) is 38.9. The molecule has 4 heteroatoms. The van der Waals surface area contributed by atoms with Gasteiger partial charge in [-0.1, -0.05) is 25.3 Å². The van der Waals surface area contributed by atoms with E-state index in [4.69, 9.17) is 9.47 Å². The van der Waals surface area contributed by atoms with E-state index in [-0.39, 0.29) is 12.2 Å². The number of hydrogen-bond acceptors (Lipinski definition) is 4. The topological polar surface area (TPSA) is 52.6 Å². The van der Waals surface area contributed by atoms with E-state index < -0.39 is 17.4 Å². The Morgan fingerprint density at radius 1 is 1.07 bits per heavy atom. The summed E-state index contributed by atoms with van der Waals surface area (Å²) >= 11 is 0. The lowest BCUT2D eigenvalue weighted by molar-refractivity contribution is -0.157. The van der Waals surface area contributed by atoms with E-state index in [1.807, 2.05) is 0 Å². The monoisotopic (exact) mass is 208 g/mol. The van der Waals surface area contributed by atoms with Crippen molar-refractivity contribution in [2.24, 2.45) is 5.41 Å². The van der Waals surface area contributed by atoms with Crippen LogP contribution in [0.5, 0.6) is 0 Å². The third kappa shape index (κ3) is 1.28. The number of ether oxygens (including phenoxy) is 2. The molecule has 0 aliphatic carbocycles. The minimum absolute atomic E-state index is 0.332. The van der Waals surface area contributed by atoms with Gasteiger partial charge >= 0.3 is 11.9 Å². The van der Waals surface area contributed by atoms with E-state index in [1.54, 1.807) is 0 Å². The first-order valence-electron chi connectivity index (χ1n) is 4.79. The zero-order chi connectivity index (χ0) is 11.1. The van der Waals surface area contributed by atoms with Gasteiger partial charge in [0.1, 0.15) is 12.2 Å². The van der Waals surface area contributed by atoms with Gasteiger partial charge in [-0.3, -0.25) is 9.59 Å². The molecule has 4 nitrogen and oxygen atoms in total. The highest BCUT2D eigenvalue weighted by Crippen LogP contribution is 2.45. The number of carbonyl (C=O) groups excluding carboxylic acids is 2. The van der Waals surface area contributed by atoms with Crippen molar-refractivity contribution in [2.75, 3.05) is 0 Å². The second kappa shape index (κ2) is 3.22. The van der Waals surface area contributed by atoms with Crippen molar-refractivity contribution < 1.29 is 19.1 Å². The van der Waals surface area contributed by atoms with Crippen LogP contribution in [0.4, 0.5) is 0 Å². The molecule has 80 valence electrons. The van der Waals surface area contributed by atoms with E-state index >= 15 is 0 Å². The summed E-state index contributed by atoms with van der Waals surface area (Å²) in [5, 5.41) is 0. The van der Waals surface area contributed by atoms with Crippen LogP contribution in [0.15, 0.2) is 25.3 Å². The molecule has 0 aromatic heterocycles. The molecule has 2 saturated heterocycles. The molecule has 1 spiro atoms. The summed E-state index contributed by atoms with van der Waals surface area (Å²) in [5.41, 5.74) is -1.11. The highest BCUT2D eigenvalue weighted by atomic mass is 16.6. The number of cyclic esters (lactones) is 2. The van der Waals surface area contributed by atoms with Crippen molar-refractivity contribution in [3.8, 4) is 0 Å². The molecular formula is C11H12O4. The molecule has 2 fully saturated rings. The van der Waals surface area contributed by atoms with Crippen molar-refractivity contribution in [2.45, 2.75) is 25.0 Å². The Bertz CT molecular complexity index is 310. The van der Waals surface area contributed by atoms with Gasteiger partial charge in [0, 0.05) is 12.8 Å². The Morgan fingerprint density at radius 2 is 1.47 bits per heavy atom. The standard InChI is InChI=1S/C11H12O4/c1-3-7-5-11(9(12)14-7)6-8(4-2)15-10(11)13/h3-4,7-8H,1-2,5-6H2. The minimum atomic E-state index is -1.11. The summed E-state index contributed by atoms with van der Waals surface area (Å²) < 4.78 is 10.0. The Balaban J connectivity index is 2.27. The molecule has 2 aliphatic rings. The number of rotatable bonds is 2. The zero-order valence-electron chi connectivity index (χ0n) is 8.27. The van der Waals surface area contributed by atoms with Crippen molar-refractivity contribution >= 4 is 11.9 Å². The fourth-order valence-electron chi connectivity index (χ4n) is 2.03. The second-order valence-corrected chi connectivity index (χ2v) is 3.85. The smallest absolute Gasteiger partial charge is 0.324 e. The van der Waals surface area contributed by atoms with E-state index in [2.05, 4.69) is 13.2 Å². The van der Waals surface area contributed by atoms with Gasteiger partial charge in [0.15, 0.2) is 5.41 Å². The van der Waals surface area contributed by atoms with Crippen molar-refractivity contribution in [1.82, 2.24) is 0 Å². The average Bonchev–Trinajstić information content (AvgIpc) is 2.71. The van der Waals surface area contributed by atoms with Gasteiger partial charge in [-0.15, -0.1) is 0 Å². The molecule has 0 aromatic carbocycles. The summed E-state index contributed by atoms with van der Waals surface area (Å²) in [5.74, 6) is -0.997. The predicted octanol–water partition coefficient (Wildman–Crippen LogP) is 0.976. The fraction of sp³-hybridized carbons (Fsp3) is 0.455. The number of hydrogen-bond donors (Lipinski definition) is 0. The van der Waals surface area contributed by atoms with Crippen molar-refractivity contribution in [3.63, 3.8) is 0 Å². The highest BCUT2D eigenvalue weighted by Gasteiger charge is 2.60. The molecular weight excluding hydrogens is 196 g/mol. The third-order valence-electron chi connectivity index (χ3n) is 2.92. The van der Waals surface area contributed by atoms with Gasteiger partial charge in [0.25, 0.3) is 0 Å². The molecule has 0 saturated carbocycles. The first-order valence-corrected chi connectivity index (χ1v) is 4.79. The maximum atomic E-state index is 11.6. The molecule has 0 radical (unpaired) electrons. The SMILES string of the molecule is C=CC1CC2(CC(C=C)OC2=O)C(=O)O1. The lowest BCUT2D eigenvalue weighted by Gasteiger charge is -2.10. The van der Waals surface area contributed by atoms with Crippen LogP contribution in [-0.2, 0) is 19.1 Å². The predicted molar refractivity (Wildman–Crippen MR) is 51.8 cm³/mol. The highest BCUT2D eigenvalue weighted by molar-refractivity contribution is 6.03. The van der Waals surface area contributed by atoms with E-state index in [0.717, 1.165) is 0 Å². The van der Waals surface area contributed by atoms with Gasteiger partial charge in [-0.05, 0) is 0 Å². The average molecular weight is 208 g/mol. The summed E-state index contributed by atoms with van der Waals surface area (Å²) in [6.45, 7) is 7.09.